The Balaban J connectivity index is 1.57. The lowest BCUT2D eigenvalue weighted by Crippen LogP contribution is -2.53. The second-order valence-corrected chi connectivity index (χ2v) is 7.34. The number of hydrogen-bond acceptors (Lipinski definition) is 4. The van der Waals surface area contributed by atoms with E-state index in [1.165, 1.54) is 0 Å². The number of nitrogens with zero attached hydrogens (tertiary/aromatic N) is 2. The van der Waals surface area contributed by atoms with Crippen molar-refractivity contribution in [3.63, 3.8) is 0 Å². The Hall–Kier alpha value is -2.73. The van der Waals surface area contributed by atoms with Crippen molar-refractivity contribution in [2.45, 2.75) is 32.2 Å². The molecule has 142 valence electrons. The Bertz CT molecular complexity index is 795. The van der Waals surface area contributed by atoms with Gasteiger partial charge in [-0.3, -0.25) is 9.59 Å². The molecule has 6 nitrogen and oxygen atoms in total. The predicted molar refractivity (Wildman–Crippen MR) is 105 cm³/mol. The number of aromatic nitrogens is 1. The first-order valence-corrected chi connectivity index (χ1v) is 9.25. The smallest absolute Gasteiger partial charge is 0.246 e. The fourth-order valence-corrected chi connectivity index (χ4v) is 3.35. The highest BCUT2D eigenvalue weighted by molar-refractivity contribution is 5.92. The first kappa shape index (κ1) is 19.0. The van der Waals surface area contributed by atoms with Crippen molar-refractivity contribution in [2.24, 2.45) is 11.7 Å². The average molecular weight is 366 g/mol. The van der Waals surface area contributed by atoms with Crippen LogP contribution >= 0.6 is 0 Å². The topological polar surface area (TPSA) is 88.3 Å². The number of likely N-dealkylation sites (tertiary alicyclic amines) is 1. The number of aryl methyl sites for hydroxylation is 1. The van der Waals surface area contributed by atoms with E-state index >= 15 is 0 Å². The van der Waals surface area contributed by atoms with Crippen LogP contribution in [0.15, 0.2) is 48.7 Å². The molecule has 0 saturated carbocycles. The molecule has 1 aliphatic rings. The van der Waals surface area contributed by atoms with Gasteiger partial charge in [-0.2, -0.15) is 0 Å². The molecule has 0 aliphatic carbocycles. The lowest BCUT2D eigenvalue weighted by Gasteiger charge is -2.36. The SMILES string of the molecule is Cc1ccc(NC(=O)C2CCN(C(=O)C(C)(N)c3ccccc3)CC2)nc1. The lowest BCUT2D eigenvalue weighted by molar-refractivity contribution is -0.139. The van der Waals surface area contributed by atoms with Crippen molar-refractivity contribution < 1.29 is 9.59 Å². The third kappa shape index (κ3) is 4.34. The van der Waals surface area contributed by atoms with E-state index in [2.05, 4.69) is 10.3 Å². The zero-order valence-corrected chi connectivity index (χ0v) is 15.8. The van der Waals surface area contributed by atoms with Gasteiger partial charge < -0.3 is 16.0 Å². The third-order valence-corrected chi connectivity index (χ3v) is 5.13. The van der Waals surface area contributed by atoms with Crippen LogP contribution in [0.5, 0.6) is 0 Å². The number of carbonyl (C=O) groups excluding carboxylic acids is 2. The molecule has 0 bridgehead atoms. The van der Waals surface area contributed by atoms with Gasteiger partial charge in [0.05, 0.1) is 0 Å². The van der Waals surface area contributed by atoms with Crippen molar-refractivity contribution in [2.75, 3.05) is 18.4 Å². The summed E-state index contributed by atoms with van der Waals surface area (Å²) in [4.78, 5) is 31.4. The molecule has 3 N–H and O–H groups in total. The molecular formula is C21H26N4O2. The van der Waals surface area contributed by atoms with Crippen LogP contribution in [0, 0.1) is 12.8 Å². The molecule has 6 heteroatoms. The van der Waals surface area contributed by atoms with E-state index in [-0.39, 0.29) is 17.7 Å². The first-order chi connectivity index (χ1) is 12.9. The highest BCUT2D eigenvalue weighted by Gasteiger charge is 2.37. The Morgan fingerprint density at radius 3 is 2.41 bits per heavy atom. The van der Waals surface area contributed by atoms with Crippen molar-refractivity contribution in [3.8, 4) is 0 Å². The summed E-state index contributed by atoms with van der Waals surface area (Å²) >= 11 is 0. The lowest BCUT2D eigenvalue weighted by atomic mass is 9.89. The van der Waals surface area contributed by atoms with Gasteiger partial charge >= 0.3 is 0 Å². The Morgan fingerprint density at radius 2 is 1.81 bits per heavy atom. The maximum absolute atomic E-state index is 12.9. The molecule has 3 rings (SSSR count). The first-order valence-electron chi connectivity index (χ1n) is 9.25. The van der Waals surface area contributed by atoms with Crippen molar-refractivity contribution in [3.05, 3.63) is 59.8 Å². The predicted octanol–water partition coefficient (Wildman–Crippen LogP) is 2.44. The monoisotopic (exact) mass is 366 g/mol. The molecule has 2 heterocycles. The van der Waals surface area contributed by atoms with E-state index in [4.69, 9.17) is 5.73 Å². The van der Waals surface area contributed by atoms with Crippen LogP contribution in [-0.2, 0) is 15.1 Å². The summed E-state index contributed by atoms with van der Waals surface area (Å²) in [6.07, 6.45) is 2.96. The molecule has 2 amide bonds. The van der Waals surface area contributed by atoms with Gasteiger partial charge in [0.2, 0.25) is 11.8 Å². The third-order valence-electron chi connectivity index (χ3n) is 5.13. The van der Waals surface area contributed by atoms with Gasteiger partial charge in [-0.25, -0.2) is 4.98 Å². The Labute approximate surface area is 159 Å². The fourth-order valence-electron chi connectivity index (χ4n) is 3.35. The summed E-state index contributed by atoms with van der Waals surface area (Å²) in [6, 6.07) is 13.1. The zero-order chi connectivity index (χ0) is 19.4. The summed E-state index contributed by atoms with van der Waals surface area (Å²) in [5, 5.41) is 2.86. The standard InChI is InChI=1S/C21H26N4O2/c1-15-8-9-18(23-14-15)24-19(26)16-10-12-25(13-11-16)20(27)21(2,22)17-6-4-3-5-7-17/h3-9,14,16H,10-13,22H2,1-2H3,(H,23,24,26). The van der Waals surface area contributed by atoms with Gasteiger partial charge in [0.15, 0.2) is 0 Å². The molecule has 0 radical (unpaired) electrons. The normalized spacial score (nSPS) is 17.2. The molecule has 1 unspecified atom stereocenters. The largest absolute Gasteiger partial charge is 0.341 e. The minimum Gasteiger partial charge on any atom is -0.341 e. The Morgan fingerprint density at radius 1 is 1.15 bits per heavy atom. The van der Waals surface area contributed by atoms with Gasteiger partial charge in [0.25, 0.3) is 0 Å². The number of pyridine rings is 1. The van der Waals surface area contributed by atoms with Crippen molar-refractivity contribution >= 4 is 17.6 Å². The molecule has 1 atom stereocenters. The second-order valence-electron chi connectivity index (χ2n) is 7.34. The number of benzene rings is 1. The summed E-state index contributed by atoms with van der Waals surface area (Å²) in [6.45, 7) is 4.74. The highest BCUT2D eigenvalue weighted by atomic mass is 16.2. The molecule has 2 aromatic rings. The quantitative estimate of drug-likeness (QED) is 0.870. The number of piperidine rings is 1. The molecule has 27 heavy (non-hydrogen) atoms. The minimum atomic E-state index is -1.07. The number of anilines is 1. The molecule has 1 aliphatic heterocycles. The molecule has 1 fully saturated rings. The summed E-state index contributed by atoms with van der Waals surface area (Å²) in [5.41, 5.74) is 7.11. The fraction of sp³-hybridized carbons (Fsp3) is 0.381. The maximum Gasteiger partial charge on any atom is 0.246 e. The van der Waals surface area contributed by atoms with E-state index in [9.17, 15) is 9.59 Å². The van der Waals surface area contributed by atoms with Crippen molar-refractivity contribution in [1.29, 1.82) is 0 Å². The van der Waals surface area contributed by atoms with E-state index in [0.717, 1.165) is 11.1 Å². The average Bonchev–Trinajstić information content (AvgIpc) is 2.70. The zero-order valence-electron chi connectivity index (χ0n) is 15.8. The number of nitrogens with one attached hydrogen (secondary N) is 1. The number of rotatable bonds is 4. The van der Waals surface area contributed by atoms with Crippen molar-refractivity contribution in [1.82, 2.24) is 9.88 Å². The van der Waals surface area contributed by atoms with Gasteiger partial charge in [-0.1, -0.05) is 36.4 Å². The van der Waals surface area contributed by atoms with E-state index in [0.29, 0.717) is 31.7 Å². The number of carbonyl (C=O) groups is 2. The van der Waals surface area contributed by atoms with Crippen LogP contribution in [0.1, 0.15) is 30.9 Å². The molecular weight excluding hydrogens is 340 g/mol. The molecule has 0 spiro atoms. The van der Waals surface area contributed by atoms with Gasteiger partial charge in [0, 0.05) is 25.2 Å². The van der Waals surface area contributed by atoms with E-state index in [1.807, 2.05) is 43.3 Å². The summed E-state index contributed by atoms with van der Waals surface area (Å²) < 4.78 is 0. The van der Waals surface area contributed by atoms with E-state index in [1.54, 1.807) is 24.1 Å². The highest BCUT2D eigenvalue weighted by Crippen LogP contribution is 2.25. The Kier molecular flexibility index (Phi) is 5.56. The molecule has 1 saturated heterocycles. The number of amides is 2. The van der Waals surface area contributed by atoms with Gasteiger partial charge in [-0.15, -0.1) is 0 Å². The van der Waals surface area contributed by atoms with Crippen LogP contribution in [0.4, 0.5) is 5.82 Å². The van der Waals surface area contributed by atoms with Crippen LogP contribution in [0.25, 0.3) is 0 Å². The van der Waals surface area contributed by atoms with Crippen LogP contribution in [0.2, 0.25) is 0 Å². The molecule has 1 aromatic heterocycles. The van der Waals surface area contributed by atoms with Gasteiger partial charge in [0.1, 0.15) is 11.4 Å². The molecule has 1 aromatic carbocycles. The summed E-state index contributed by atoms with van der Waals surface area (Å²) in [5.74, 6) is 0.283. The summed E-state index contributed by atoms with van der Waals surface area (Å²) in [7, 11) is 0. The maximum atomic E-state index is 12.9. The van der Waals surface area contributed by atoms with Gasteiger partial charge in [-0.05, 0) is 43.9 Å². The van der Waals surface area contributed by atoms with Crippen LogP contribution in [0.3, 0.4) is 0 Å². The minimum absolute atomic E-state index is 0.0444. The van der Waals surface area contributed by atoms with Crippen LogP contribution in [-0.4, -0.2) is 34.8 Å². The number of hydrogen-bond donors (Lipinski definition) is 2. The number of nitrogens with two attached hydrogens (primary N) is 1. The second kappa shape index (κ2) is 7.88. The van der Waals surface area contributed by atoms with Crippen LogP contribution < -0.4 is 11.1 Å². The van der Waals surface area contributed by atoms with E-state index < -0.39 is 5.54 Å².